The molecule has 1 aliphatic rings. The predicted octanol–water partition coefficient (Wildman–Crippen LogP) is 3.40. The molecule has 0 spiro atoms. The van der Waals surface area contributed by atoms with Crippen LogP contribution in [-0.2, 0) is 16.1 Å². The summed E-state index contributed by atoms with van der Waals surface area (Å²) in [6.07, 6.45) is -0.307. The molecule has 7 heteroatoms. The van der Waals surface area contributed by atoms with Gasteiger partial charge in [0.25, 0.3) is 0 Å². The second-order valence-electron chi connectivity index (χ2n) is 7.76. The van der Waals surface area contributed by atoms with Crippen LogP contribution in [-0.4, -0.2) is 53.6 Å². The summed E-state index contributed by atoms with van der Waals surface area (Å²) < 4.78 is 5.15. The molecule has 0 saturated carbocycles. The van der Waals surface area contributed by atoms with Crippen LogP contribution in [0.4, 0.5) is 10.5 Å². The first-order valence-electron chi connectivity index (χ1n) is 9.39. The van der Waals surface area contributed by atoms with Gasteiger partial charge in [0.05, 0.1) is 0 Å². The summed E-state index contributed by atoms with van der Waals surface area (Å²) in [5.41, 5.74) is 2.59. The van der Waals surface area contributed by atoms with Crippen LogP contribution in [0.25, 0.3) is 0 Å². The number of ether oxygens (including phenoxy) is 1. The summed E-state index contributed by atoms with van der Waals surface area (Å²) in [6, 6.07) is 6.17. The van der Waals surface area contributed by atoms with Crippen LogP contribution in [0.1, 0.15) is 38.3 Å². The lowest BCUT2D eigenvalue weighted by molar-refractivity contribution is -0.116. The van der Waals surface area contributed by atoms with Crippen molar-refractivity contribution in [3.63, 3.8) is 0 Å². The average Bonchev–Trinajstić information content (AvgIpc) is 2.56. The first-order chi connectivity index (χ1) is 12.7. The van der Waals surface area contributed by atoms with Crippen molar-refractivity contribution in [3.8, 4) is 0 Å². The number of benzene rings is 1. The zero-order valence-electron chi connectivity index (χ0n) is 16.8. The number of aryl methyl sites for hydroxylation is 1. The van der Waals surface area contributed by atoms with Gasteiger partial charge in [0.1, 0.15) is 5.60 Å². The zero-order valence-corrected chi connectivity index (χ0v) is 17.6. The molecule has 1 fully saturated rings. The van der Waals surface area contributed by atoms with E-state index in [1.165, 1.54) is 17.1 Å². The largest absolute Gasteiger partial charge is 0.444 e. The Morgan fingerprint density at radius 2 is 1.93 bits per heavy atom. The fourth-order valence-corrected chi connectivity index (χ4v) is 3.77. The second-order valence-corrected chi connectivity index (χ2v) is 8.99. The number of thioether (sulfide) groups is 1. The van der Waals surface area contributed by atoms with Gasteiger partial charge in [0.15, 0.2) is 0 Å². The molecule has 0 unspecified atom stereocenters. The molecule has 1 heterocycles. The van der Waals surface area contributed by atoms with Gasteiger partial charge in [-0.15, -0.1) is 0 Å². The predicted molar refractivity (Wildman–Crippen MR) is 111 cm³/mol. The monoisotopic (exact) mass is 393 g/mol. The fraction of sp³-hybridized carbons (Fsp3) is 0.600. The smallest absolute Gasteiger partial charge is 0.407 e. The van der Waals surface area contributed by atoms with Gasteiger partial charge >= 0.3 is 6.09 Å². The molecule has 6 nitrogen and oxygen atoms in total. The maximum absolute atomic E-state index is 12.1. The molecule has 1 aromatic rings. The van der Waals surface area contributed by atoms with Gasteiger partial charge in [-0.05, 0) is 44.9 Å². The quantitative estimate of drug-likeness (QED) is 0.775. The fourth-order valence-electron chi connectivity index (χ4n) is 2.79. The van der Waals surface area contributed by atoms with E-state index in [9.17, 15) is 9.59 Å². The Morgan fingerprint density at radius 3 is 2.56 bits per heavy atom. The number of amides is 2. The molecule has 2 rings (SSSR count). The third-order valence-corrected chi connectivity index (χ3v) is 5.04. The summed E-state index contributed by atoms with van der Waals surface area (Å²) >= 11 is 2.01. The molecule has 0 aliphatic carbocycles. The lowest BCUT2D eigenvalue weighted by Gasteiger charge is -2.26. The maximum atomic E-state index is 12.1. The number of nitrogens with zero attached hydrogens (tertiary/aromatic N) is 1. The Labute approximate surface area is 166 Å². The van der Waals surface area contributed by atoms with Gasteiger partial charge in [-0.3, -0.25) is 9.69 Å². The van der Waals surface area contributed by atoms with E-state index < -0.39 is 11.7 Å². The van der Waals surface area contributed by atoms with E-state index in [0.717, 1.165) is 30.9 Å². The first kappa shape index (κ1) is 21.6. The normalized spacial score (nSPS) is 15.3. The minimum absolute atomic E-state index is 0.130. The number of alkyl carbamates (subject to hydrolysis) is 1. The van der Waals surface area contributed by atoms with E-state index in [1.54, 1.807) is 20.8 Å². The average molecular weight is 394 g/mol. The molecular weight excluding hydrogens is 362 g/mol. The lowest BCUT2D eigenvalue weighted by atomic mass is 10.1. The van der Waals surface area contributed by atoms with Crippen LogP contribution >= 0.6 is 11.8 Å². The van der Waals surface area contributed by atoms with Gasteiger partial charge < -0.3 is 15.4 Å². The number of rotatable bonds is 6. The third kappa shape index (κ3) is 8.22. The minimum atomic E-state index is -0.543. The Balaban J connectivity index is 1.77. The van der Waals surface area contributed by atoms with Gasteiger partial charge in [0.2, 0.25) is 5.91 Å². The maximum Gasteiger partial charge on any atom is 0.407 e. The molecule has 0 radical (unpaired) electrons. The molecule has 2 amide bonds. The van der Waals surface area contributed by atoms with Crippen LogP contribution in [0.3, 0.4) is 0 Å². The highest BCUT2D eigenvalue weighted by Crippen LogP contribution is 2.19. The van der Waals surface area contributed by atoms with Crippen molar-refractivity contribution in [1.82, 2.24) is 10.2 Å². The van der Waals surface area contributed by atoms with Gasteiger partial charge in [-0.25, -0.2) is 4.79 Å². The van der Waals surface area contributed by atoms with Gasteiger partial charge in [-0.2, -0.15) is 11.8 Å². The molecule has 0 aromatic heterocycles. The molecular formula is C20H31N3O3S. The summed E-state index contributed by atoms with van der Waals surface area (Å²) in [4.78, 5) is 26.2. The molecule has 1 aliphatic heterocycles. The zero-order chi connectivity index (χ0) is 19.9. The van der Waals surface area contributed by atoms with Crippen LogP contribution in [0.2, 0.25) is 0 Å². The summed E-state index contributed by atoms with van der Waals surface area (Å²) in [6.45, 7) is 10.9. The van der Waals surface area contributed by atoms with Crippen molar-refractivity contribution in [1.29, 1.82) is 0 Å². The van der Waals surface area contributed by atoms with Crippen LogP contribution in [0, 0.1) is 6.92 Å². The molecule has 150 valence electrons. The highest BCUT2D eigenvalue weighted by Gasteiger charge is 2.16. The van der Waals surface area contributed by atoms with Crippen molar-refractivity contribution >= 4 is 29.4 Å². The van der Waals surface area contributed by atoms with Crippen molar-refractivity contribution in [2.75, 3.05) is 36.5 Å². The lowest BCUT2D eigenvalue weighted by Crippen LogP contribution is -2.34. The number of carbonyl (C=O) groups is 2. The second kappa shape index (κ2) is 9.99. The molecule has 1 aromatic carbocycles. The Kier molecular flexibility index (Phi) is 7.98. The van der Waals surface area contributed by atoms with Crippen LogP contribution in [0.5, 0.6) is 0 Å². The highest BCUT2D eigenvalue weighted by molar-refractivity contribution is 7.99. The standard InChI is InChI=1S/C20H31N3O3S/c1-15-13-16(14-23-9-11-27-12-10-23)5-6-17(15)22-18(24)7-8-21-19(25)26-20(2,3)4/h5-6,13H,7-12,14H2,1-4H3,(H,21,25)(H,22,24). The third-order valence-electron chi connectivity index (χ3n) is 4.10. The Morgan fingerprint density at radius 1 is 1.22 bits per heavy atom. The molecule has 1 saturated heterocycles. The van der Waals surface area contributed by atoms with E-state index in [0.29, 0.717) is 0 Å². The number of hydrogen-bond acceptors (Lipinski definition) is 5. The molecule has 2 N–H and O–H groups in total. The Bertz CT molecular complexity index is 652. The van der Waals surface area contributed by atoms with Crippen molar-refractivity contribution in [2.24, 2.45) is 0 Å². The SMILES string of the molecule is Cc1cc(CN2CCSCC2)ccc1NC(=O)CCNC(=O)OC(C)(C)C. The van der Waals surface area contributed by atoms with Crippen molar-refractivity contribution < 1.29 is 14.3 Å². The van der Waals surface area contributed by atoms with E-state index in [1.807, 2.05) is 24.8 Å². The molecule has 27 heavy (non-hydrogen) atoms. The number of hydrogen-bond donors (Lipinski definition) is 2. The summed E-state index contributed by atoms with van der Waals surface area (Å²) in [7, 11) is 0. The summed E-state index contributed by atoms with van der Waals surface area (Å²) in [5, 5.41) is 5.51. The van der Waals surface area contributed by atoms with E-state index in [4.69, 9.17) is 4.74 Å². The Hall–Kier alpha value is -1.73. The van der Waals surface area contributed by atoms with Crippen LogP contribution < -0.4 is 10.6 Å². The summed E-state index contributed by atoms with van der Waals surface area (Å²) in [5.74, 6) is 2.27. The van der Waals surface area contributed by atoms with Crippen LogP contribution in [0.15, 0.2) is 18.2 Å². The van der Waals surface area contributed by atoms with Crippen molar-refractivity contribution in [2.45, 2.75) is 46.3 Å². The van der Waals surface area contributed by atoms with Gasteiger partial charge in [0, 0.05) is 49.8 Å². The van der Waals surface area contributed by atoms with E-state index in [-0.39, 0.29) is 18.9 Å². The molecule has 0 atom stereocenters. The van der Waals surface area contributed by atoms with E-state index in [2.05, 4.69) is 27.7 Å². The number of anilines is 1. The first-order valence-corrected chi connectivity index (χ1v) is 10.5. The van der Waals surface area contributed by atoms with Crippen molar-refractivity contribution in [3.05, 3.63) is 29.3 Å². The van der Waals surface area contributed by atoms with E-state index >= 15 is 0 Å². The molecule has 0 bridgehead atoms. The van der Waals surface area contributed by atoms with Gasteiger partial charge in [-0.1, -0.05) is 12.1 Å². The number of carbonyl (C=O) groups excluding carboxylic acids is 2. The minimum Gasteiger partial charge on any atom is -0.444 e. The highest BCUT2D eigenvalue weighted by atomic mass is 32.2. The number of nitrogens with one attached hydrogen (secondary N) is 2. The topological polar surface area (TPSA) is 70.7 Å².